The third-order valence-corrected chi connectivity index (χ3v) is 5.73. The monoisotopic (exact) mass is 485 g/mol. The summed E-state index contributed by atoms with van der Waals surface area (Å²) in [5.41, 5.74) is 3.49. The van der Waals surface area contributed by atoms with Crippen LogP contribution in [0.3, 0.4) is 0 Å². The van der Waals surface area contributed by atoms with Crippen molar-refractivity contribution in [2.45, 2.75) is 41.5 Å². The fraction of sp³-hybridized carbons (Fsp3) is 0.500. The lowest BCUT2D eigenvalue weighted by molar-refractivity contribution is -0.147. The van der Waals surface area contributed by atoms with Gasteiger partial charge in [0.2, 0.25) is 0 Å². The highest BCUT2D eigenvalue weighted by molar-refractivity contribution is 7.10. The molecule has 0 unspecified atom stereocenters. The molecule has 0 saturated heterocycles. The molecule has 2 rings (SSSR count). The number of benzene rings is 1. The first-order valence-corrected chi connectivity index (χ1v) is 11.9. The van der Waals surface area contributed by atoms with Gasteiger partial charge in [0, 0.05) is 5.69 Å². The van der Waals surface area contributed by atoms with Gasteiger partial charge in [-0.3, -0.25) is 9.59 Å². The summed E-state index contributed by atoms with van der Waals surface area (Å²) in [6, 6.07) is 7.78. The number of aryl methyl sites for hydroxylation is 2. The second-order valence-corrected chi connectivity index (χ2v) is 9.11. The number of rotatable bonds is 11. The fourth-order valence-electron chi connectivity index (χ4n) is 2.82. The number of hydrogen-bond acceptors (Lipinski definition) is 10. The van der Waals surface area contributed by atoms with E-state index in [1.807, 2.05) is 30.0 Å². The van der Waals surface area contributed by atoms with Crippen molar-refractivity contribution in [1.29, 1.82) is 5.26 Å². The molecule has 1 aromatic heterocycles. The van der Waals surface area contributed by atoms with E-state index in [4.69, 9.17) is 9.47 Å². The minimum Gasteiger partial charge on any atom is -0.464 e. The molecule has 10 heteroatoms. The first-order chi connectivity index (χ1) is 16.1. The van der Waals surface area contributed by atoms with Gasteiger partial charge in [-0.1, -0.05) is 27.7 Å². The minimum absolute atomic E-state index is 0.198. The molecular formula is C24H31N5O4S. The number of hydrogen-bond donors (Lipinski definition) is 0. The molecule has 182 valence electrons. The zero-order valence-electron chi connectivity index (χ0n) is 20.5. The summed E-state index contributed by atoms with van der Waals surface area (Å²) in [5.74, 6) is -0.909. The molecule has 34 heavy (non-hydrogen) atoms. The molecule has 0 fully saturated rings. The van der Waals surface area contributed by atoms with Crippen molar-refractivity contribution in [3.63, 3.8) is 0 Å². The third kappa shape index (κ3) is 7.63. The number of aromatic nitrogens is 1. The number of azo groups is 1. The van der Waals surface area contributed by atoms with Crippen LogP contribution in [0.4, 0.5) is 16.4 Å². The lowest BCUT2D eigenvalue weighted by Crippen LogP contribution is -2.33. The summed E-state index contributed by atoms with van der Waals surface area (Å²) in [5, 5.41) is 18.2. The molecule has 0 atom stereocenters. The average Bonchev–Trinajstić information content (AvgIpc) is 3.15. The molecule has 0 spiro atoms. The van der Waals surface area contributed by atoms with Gasteiger partial charge in [0.1, 0.15) is 24.8 Å². The molecular weight excluding hydrogens is 454 g/mol. The van der Waals surface area contributed by atoms with Gasteiger partial charge in [-0.25, -0.2) is 0 Å². The van der Waals surface area contributed by atoms with E-state index in [1.165, 1.54) is 0 Å². The summed E-state index contributed by atoms with van der Waals surface area (Å²) < 4.78 is 14.8. The quantitative estimate of drug-likeness (QED) is 0.315. The first-order valence-electron chi connectivity index (χ1n) is 11.1. The van der Waals surface area contributed by atoms with Crippen molar-refractivity contribution in [2.24, 2.45) is 22.1 Å². The normalized spacial score (nSPS) is 11.1. The van der Waals surface area contributed by atoms with Gasteiger partial charge < -0.3 is 14.4 Å². The van der Waals surface area contributed by atoms with E-state index >= 15 is 0 Å². The Labute approximate surface area is 204 Å². The van der Waals surface area contributed by atoms with Crippen LogP contribution in [0.25, 0.3) is 0 Å². The summed E-state index contributed by atoms with van der Waals surface area (Å²) >= 11 is 1.14. The molecule has 0 bridgehead atoms. The first kappa shape index (κ1) is 26.9. The van der Waals surface area contributed by atoms with E-state index < -0.39 is 0 Å². The predicted octanol–water partition coefficient (Wildman–Crippen LogP) is 5.25. The van der Waals surface area contributed by atoms with E-state index in [1.54, 1.807) is 34.6 Å². The van der Waals surface area contributed by atoms with E-state index in [9.17, 15) is 14.9 Å². The van der Waals surface area contributed by atoms with Crippen LogP contribution < -0.4 is 4.90 Å². The lowest BCUT2D eigenvalue weighted by atomic mass is 10.1. The van der Waals surface area contributed by atoms with Crippen LogP contribution in [0.15, 0.2) is 28.4 Å². The Balaban J connectivity index is 2.15. The molecule has 2 aromatic rings. The predicted molar refractivity (Wildman–Crippen MR) is 131 cm³/mol. The SMILES string of the molecule is Cc1cc(N(CCOC(=O)C(C)C)CCOC(=O)C(C)C)ccc1N=Nc1snc(C)c1C#N. The van der Waals surface area contributed by atoms with Crippen molar-refractivity contribution in [2.75, 3.05) is 31.2 Å². The minimum atomic E-state index is -0.256. The Morgan fingerprint density at radius 3 is 2.15 bits per heavy atom. The van der Waals surface area contributed by atoms with Crippen molar-refractivity contribution in [3.05, 3.63) is 35.0 Å². The molecule has 1 aromatic carbocycles. The number of carbonyl (C=O) groups is 2. The Morgan fingerprint density at radius 1 is 1.06 bits per heavy atom. The van der Waals surface area contributed by atoms with Crippen LogP contribution in [-0.4, -0.2) is 42.6 Å². The molecule has 0 radical (unpaired) electrons. The van der Waals surface area contributed by atoms with E-state index in [0.29, 0.717) is 35.0 Å². The second kappa shape index (κ2) is 12.8. The van der Waals surface area contributed by atoms with Crippen LogP contribution in [0.2, 0.25) is 0 Å². The van der Waals surface area contributed by atoms with Gasteiger partial charge >= 0.3 is 11.9 Å². The van der Waals surface area contributed by atoms with Crippen LogP contribution >= 0.6 is 11.5 Å². The van der Waals surface area contributed by atoms with Crippen LogP contribution in [0.5, 0.6) is 0 Å². The molecule has 9 nitrogen and oxygen atoms in total. The van der Waals surface area contributed by atoms with Crippen molar-refractivity contribution >= 4 is 39.8 Å². The maximum atomic E-state index is 11.8. The molecule has 0 aliphatic heterocycles. The smallest absolute Gasteiger partial charge is 0.308 e. The lowest BCUT2D eigenvalue weighted by Gasteiger charge is -2.25. The molecule has 0 N–H and O–H groups in total. The van der Waals surface area contributed by atoms with Crippen LogP contribution in [0.1, 0.15) is 44.5 Å². The number of anilines is 1. The van der Waals surface area contributed by atoms with E-state index in [0.717, 1.165) is 22.8 Å². The molecule has 0 amide bonds. The molecule has 0 aliphatic carbocycles. The Hall–Kier alpha value is -3.32. The highest BCUT2D eigenvalue weighted by atomic mass is 32.1. The Bertz CT molecular complexity index is 1050. The summed E-state index contributed by atoms with van der Waals surface area (Å²) in [4.78, 5) is 25.6. The Morgan fingerprint density at radius 2 is 1.65 bits per heavy atom. The van der Waals surface area contributed by atoms with E-state index in [2.05, 4.69) is 20.7 Å². The zero-order valence-corrected chi connectivity index (χ0v) is 21.3. The maximum absolute atomic E-state index is 11.8. The third-order valence-electron chi connectivity index (χ3n) is 4.90. The molecule has 1 heterocycles. The highest BCUT2D eigenvalue weighted by Crippen LogP contribution is 2.31. The van der Waals surface area contributed by atoms with E-state index in [-0.39, 0.29) is 37.0 Å². The number of nitriles is 1. The van der Waals surface area contributed by atoms with Gasteiger partial charge in [-0.15, -0.1) is 10.2 Å². The number of carbonyl (C=O) groups excluding carboxylic acids is 2. The fourth-order valence-corrected chi connectivity index (χ4v) is 3.50. The molecule has 0 saturated carbocycles. The van der Waals surface area contributed by atoms with Gasteiger partial charge in [0.15, 0.2) is 5.00 Å². The Kier molecular flexibility index (Phi) is 10.1. The number of nitrogens with zero attached hydrogens (tertiary/aromatic N) is 5. The maximum Gasteiger partial charge on any atom is 0.308 e. The topological polar surface area (TPSA) is 117 Å². The van der Waals surface area contributed by atoms with Crippen molar-refractivity contribution < 1.29 is 19.1 Å². The van der Waals surface area contributed by atoms with Crippen LogP contribution in [0, 0.1) is 37.0 Å². The van der Waals surface area contributed by atoms with Crippen molar-refractivity contribution in [3.8, 4) is 6.07 Å². The molecule has 0 aliphatic rings. The van der Waals surface area contributed by atoms with Gasteiger partial charge in [0.05, 0.1) is 36.3 Å². The van der Waals surface area contributed by atoms with Gasteiger partial charge in [-0.2, -0.15) is 9.64 Å². The summed E-state index contributed by atoms with van der Waals surface area (Å²) in [6.45, 7) is 12.2. The number of esters is 2. The standard InChI is InChI=1S/C24H31N5O4S/c1-15(2)23(30)32-11-9-29(10-12-33-24(31)16(3)4)19-7-8-21(17(5)13-19)26-27-22-20(14-25)18(6)28-34-22/h7-8,13,15-16H,9-12H2,1-6H3. The second-order valence-electron chi connectivity index (χ2n) is 8.36. The largest absolute Gasteiger partial charge is 0.464 e. The average molecular weight is 486 g/mol. The van der Waals surface area contributed by atoms with Crippen LogP contribution in [-0.2, 0) is 19.1 Å². The summed E-state index contributed by atoms with van der Waals surface area (Å²) in [7, 11) is 0. The van der Waals surface area contributed by atoms with Gasteiger partial charge in [0.25, 0.3) is 0 Å². The summed E-state index contributed by atoms with van der Waals surface area (Å²) in [6.07, 6.45) is 0. The highest BCUT2D eigenvalue weighted by Gasteiger charge is 2.14. The van der Waals surface area contributed by atoms with Gasteiger partial charge in [-0.05, 0) is 49.1 Å². The number of ether oxygens (including phenoxy) is 2. The zero-order chi connectivity index (χ0) is 25.3. The van der Waals surface area contributed by atoms with Crippen molar-refractivity contribution in [1.82, 2.24) is 4.37 Å².